The van der Waals surface area contributed by atoms with E-state index in [9.17, 15) is 8.42 Å². The summed E-state index contributed by atoms with van der Waals surface area (Å²) in [5.41, 5.74) is 1.03. The van der Waals surface area contributed by atoms with Crippen LogP contribution in [0.4, 0.5) is 0 Å². The van der Waals surface area contributed by atoms with Crippen LogP contribution in [0.2, 0.25) is 0 Å². The monoisotopic (exact) mass is 286 g/mol. The maximum Gasteiger partial charge on any atom is 0.184 e. The van der Waals surface area contributed by atoms with Crippen LogP contribution in [0.1, 0.15) is 10.6 Å². The lowest BCUT2D eigenvalue weighted by atomic mass is 10.2. The third kappa shape index (κ3) is 2.99. The minimum atomic E-state index is -3.34. The Hall–Kier alpha value is -1.05. The van der Waals surface area contributed by atoms with Crippen molar-refractivity contribution in [2.45, 2.75) is 17.6 Å². The molecule has 0 aliphatic heterocycles. The first-order valence-electron chi connectivity index (χ1n) is 4.81. The van der Waals surface area contributed by atoms with Crippen LogP contribution in [0.3, 0.4) is 0 Å². The molecule has 0 atom stereocenters. The first-order chi connectivity index (χ1) is 7.97. The van der Waals surface area contributed by atoms with Crippen LogP contribution < -0.4 is 0 Å². The molecule has 1 aromatic heterocycles. The minimum Gasteiger partial charge on any atom is -0.258 e. The molecule has 1 aromatic carbocycles. The van der Waals surface area contributed by atoms with E-state index >= 15 is 0 Å². The molecule has 0 fully saturated rings. The summed E-state index contributed by atoms with van der Waals surface area (Å²) in [6.07, 6.45) is 0. The summed E-state index contributed by atoms with van der Waals surface area (Å²) < 4.78 is 24.6. The fraction of sp³-hybridized carbons (Fsp3) is 0.200. The smallest absolute Gasteiger partial charge is 0.184 e. The second-order valence-electron chi connectivity index (χ2n) is 3.58. The molecule has 0 aliphatic rings. The molecule has 2 rings (SSSR count). The Morgan fingerprint density at radius 2 is 2.00 bits per heavy atom. The van der Waals surface area contributed by atoms with Gasteiger partial charge in [-0.3, -0.25) is 5.10 Å². The molecule has 0 amide bonds. The van der Waals surface area contributed by atoms with Gasteiger partial charge in [-0.05, 0) is 31.3 Å². The highest BCUT2D eigenvalue weighted by Gasteiger charge is 2.17. The van der Waals surface area contributed by atoms with Crippen LogP contribution in [0.5, 0.6) is 0 Å². The third-order valence-electron chi connectivity index (χ3n) is 2.18. The average molecular weight is 286 g/mol. The predicted molar refractivity (Wildman–Crippen MR) is 69.4 cm³/mol. The molecule has 17 heavy (non-hydrogen) atoms. The SMILES string of the molecule is Cc1ccc(S(=O)(=O)Cc2n[nH]c(=S)s2)cc1. The number of nitrogens with zero attached hydrogens (tertiary/aromatic N) is 1. The number of H-pyrrole nitrogens is 1. The van der Waals surface area contributed by atoms with Crippen molar-refractivity contribution in [2.24, 2.45) is 0 Å². The topological polar surface area (TPSA) is 62.8 Å². The zero-order valence-electron chi connectivity index (χ0n) is 9.00. The van der Waals surface area contributed by atoms with Crippen LogP contribution in [0, 0.1) is 10.9 Å². The Morgan fingerprint density at radius 3 is 2.53 bits per heavy atom. The summed E-state index contributed by atoms with van der Waals surface area (Å²) in [4.78, 5) is 0.309. The molecule has 1 heterocycles. The average Bonchev–Trinajstić information content (AvgIpc) is 2.63. The van der Waals surface area contributed by atoms with Gasteiger partial charge < -0.3 is 0 Å². The summed E-state index contributed by atoms with van der Waals surface area (Å²) >= 11 is 6.04. The van der Waals surface area contributed by atoms with E-state index < -0.39 is 9.84 Å². The molecule has 4 nitrogen and oxygen atoms in total. The van der Waals surface area contributed by atoms with Crippen molar-refractivity contribution in [3.05, 3.63) is 38.8 Å². The number of aromatic nitrogens is 2. The van der Waals surface area contributed by atoms with Crippen molar-refractivity contribution in [3.8, 4) is 0 Å². The van der Waals surface area contributed by atoms with Crippen LogP contribution in [-0.4, -0.2) is 18.6 Å². The van der Waals surface area contributed by atoms with Gasteiger partial charge in [-0.2, -0.15) is 5.10 Å². The maximum atomic E-state index is 12.0. The standard InChI is InChI=1S/C10H10N2O2S3/c1-7-2-4-8(5-3-7)17(13,14)6-9-11-12-10(15)16-9/h2-5H,6H2,1H3,(H,12,15). The van der Waals surface area contributed by atoms with Gasteiger partial charge in [0.05, 0.1) is 4.90 Å². The largest absolute Gasteiger partial charge is 0.258 e. The summed E-state index contributed by atoms with van der Waals surface area (Å²) in [6.45, 7) is 1.91. The molecule has 1 N–H and O–H groups in total. The Balaban J connectivity index is 2.31. The van der Waals surface area contributed by atoms with Gasteiger partial charge in [0, 0.05) is 0 Å². The number of rotatable bonds is 3. The van der Waals surface area contributed by atoms with Crippen molar-refractivity contribution >= 4 is 33.4 Å². The van der Waals surface area contributed by atoms with E-state index in [0.717, 1.165) is 5.56 Å². The highest BCUT2D eigenvalue weighted by Crippen LogP contribution is 2.18. The summed E-state index contributed by atoms with van der Waals surface area (Å²) in [6, 6.07) is 6.77. The first-order valence-corrected chi connectivity index (χ1v) is 7.69. The normalized spacial score (nSPS) is 11.6. The van der Waals surface area contributed by atoms with Gasteiger partial charge in [0.25, 0.3) is 0 Å². The molecule has 0 saturated carbocycles. The Kier molecular flexibility index (Phi) is 3.41. The van der Waals surface area contributed by atoms with E-state index in [4.69, 9.17) is 12.2 Å². The number of hydrogen-bond donors (Lipinski definition) is 1. The Morgan fingerprint density at radius 1 is 1.35 bits per heavy atom. The van der Waals surface area contributed by atoms with Gasteiger partial charge in [0.2, 0.25) is 0 Å². The maximum absolute atomic E-state index is 12.0. The lowest BCUT2D eigenvalue weighted by Gasteiger charge is -2.02. The number of aryl methyl sites for hydroxylation is 1. The number of nitrogens with one attached hydrogen (secondary N) is 1. The molecule has 0 radical (unpaired) electrons. The van der Waals surface area contributed by atoms with E-state index in [1.54, 1.807) is 24.3 Å². The van der Waals surface area contributed by atoms with Crippen LogP contribution in [0.15, 0.2) is 29.2 Å². The second-order valence-corrected chi connectivity index (χ2v) is 7.32. The quantitative estimate of drug-likeness (QED) is 0.881. The van der Waals surface area contributed by atoms with Gasteiger partial charge in [-0.15, -0.1) is 0 Å². The number of aromatic amines is 1. The zero-order valence-corrected chi connectivity index (χ0v) is 11.5. The lowest BCUT2D eigenvalue weighted by molar-refractivity contribution is 0.595. The third-order valence-corrected chi connectivity index (χ3v) is 5.09. The van der Waals surface area contributed by atoms with Gasteiger partial charge in [-0.1, -0.05) is 29.0 Å². The number of hydrogen-bond acceptors (Lipinski definition) is 5. The van der Waals surface area contributed by atoms with E-state index in [2.05, 4.69) is 10.2 Å². The first kappa shape index (κ1) is 12.4. The van der Waals surface area contributed by atoms with Crippen molar-refractivity contribution in [1.29, 1.82) is 0 Å². The molecule has 90 valence electrons. The summed E-state index contributed by atoms with van der Waals surface area (Å²) in [7, 11) is -3.34. The Bertz CT molecular complexity index is 668. The summed E-state index contributed by atoms with van der Waals surface area (Å²) in [5.74, 6) is -0.117. The molecule has 0 saturated heterocycles. The van der Waals surface area contributed by atoms with Crippen molar-refractivity contribution in [3.63, 3.8) is 0 Å². The van der Waals surface area contributed by atoms with Crippen LogP contribution in [0.25, 0.3) is 0 Å². The molecular formula is C10H10N2O2S3. The summed E-state index contributed by atoms with van der Waals surface area (Å²) in [5, 5.41) is 6.91. The van der Waals surface area contributed by atoms with E-state index in [1.165, 1.54) is 11.3 Å². The molecule has 0 aliphatic carbocycles. The molecular weight excluding hydrogens is 276 g/mol. The molecule has 0 bridgehead atoms. The van der Waals surface area contributed by atoms with Gasteiger partial charge >= 0.3 is 0 Å². The predicted octanol–water partition coefficient (Wildman–Crippen LogP) is 2.48. The lowest BCUT2D eigenvalue weighted by Crippen LogP contribution is -2.04. The zero-order chi connectivity index (χ0) is 12.5. The van der Waals surface area contributed by atoms with Gasteiger partial charge in [0.1, 0.15) is 10.8 Å². The fourth-order valence-corrected chi connectivity index (χ4v) is 3.85. The van der Waals surface area contributed by atoms with Crippen molar-refractivity contribution in [1.82, 2.24) is 10.2 Å². The Labute approximate surface area is 108 Å². The molecule has 0 unspecified atom stereocenters. The number of benzene rings is 1. The van der Waals surface area contributed by atoms with E-state index in [1.807, 2.05) is 6.92 Å². The van der Waals surface area contributed by atoms with Crippen molar-refractivity contribution in [2.75, 3.05) is 0 Å². The fourth-order valence-electron chi connectivity index (χ4n) is 1.31. The highest BCUT2D eigenvalue weighted by molar-refractivity contribution is 7.90. The van der Waals surface area contributed by atoms with E-state index in [0.29, 0.717) is 13.9 Å². The van der Waals surface area contributed by atoms with E-state index in [-0.39, 0.29) is 5.75 Å². The van der Waals surface area contributed by atoms with Crippen LogP contribution >= 0.6 is 23.6 Å². The minimum absolute atomic E-state index is 0.117. The highest BCUT2D eigenvalue weighted by atomic mass is 32.2. The molecule has 0 spiro atoms. The van der Waals surface area contributed by atoms with Crippen LogP contribution in [-0.2, 0) is 15.6 Å². The number of sulfone groups is 1. The molecule has 2 aromatic rings. The second kappa shape index (κ2) is 4.67. The molecule has 7 heteroatoms. The van der Waals surface area contributed by atoms with Gasteiger partial charge in [-0.25, -0.2) is 8.42 Å². The van der Waals surface area contributed by atoms with Crippen molar-refractivity contribution < 1.29 is 8.42 Å². The van der Waals surface area contributed by atoms with Gasteiger partial charge in [0.15, 0.2) is 13.8 Å².